The van der Waals surface area contributed by atoms with Gasteiger partial charge in [-0.1, -0.05) is 0 Å². The molecule has 1 heterocycles. The van der Waals surface area contributed by atoms with Gasteiger partial charge in [-0.2, -0.15) is 0 Å². The van der Waals surface area contributed by atoms with Gasteiger partial charge in [0.15, 0.2) is 0 Å². The van der Waals surface area contributed by atoms with E-state index in [1.54, 1.807) is 39.8 Å². The fraction of sp³-hybridized carbons (Fsp3) is 0.357. The van der Waals surface area contributed by atoms with Gasteiger partial charge in [0.1, 0.15) is 28.8 Å². The van der Waals surface area contributed by atoms with Crippen LogP contribution in [0.15, 0.2) is 18.5 Å². The number of aromatic nitrogens is 2. The molecule has 0 amide bonds. The number of nitrogens with two attached hydrogens (primary N) is 1. The summed E-state index contributed by atoms with van der Waals surface area (Å²) in [4.78, 5) is 4.37. The number of methoxy groups -OCH3 is 3. The normalized spacial score (nSPS) is 10.4. The van der Waals surface area contributed by atoms with E-state index in [0.29, 0.717) is 28.8 Å². The molecule has 2 rings (SSSR count). The minimum absolute atomic E-state index is 0.578. The second kappa shape index (κ2) is 5.73. The number of imidazole rings is 1. The molecule has 20 heavy (non-hydrogen) atoms. The Bertz CT molecular complexity index is 583. The molecule has 0 aliphatic carbocycles. The van der Waals surface area contributed by atoms with Crippen LogP contribution < -0.4 is 19.9 Å². The lowest BCUT2D eigenvalue weighted by Gasteiger charge is -2.14. The third kappa shape index (κ3) is 2.24. The number of nitrogen functional groups attached to an aromatic ring is 1. The highest BCUT2D eigenvalue weighted by molar-refractivity contribution is 5.81. The van der Waals surface area contributed by atoms with Crippen LogP contribution in [0.3, 0.4) is 0 Å². The molecule has 0 aliphatic heterocycles. The number of hydrogen-bond donors (Lipinski definition) is 1. The molecule has 0 saturated heterocycles. The first kappa shape index (κ1) is 14.0. The van der Waals surface area contributed by atoms with E-state index in [9.17, 15) is 0 Å². The van der Waals surface area contributed by atoms with Crippen LogP contribution in [0.4, 0.5) is 5.82 Å². The van der Waals surface area contributed by atoms with Crippen LogP contribution in [0.5, 0.6) is 17.2 Å². The van der Waals surface area contributed by atoms with Crippen molar-refractivity contribution in [3.63, 3.8) is 0 Å². The number of aryl methyl sites for hydroxylation is 1. The zero-order valence-corrected chi connectivity index (χ0v) is 12.1. The second-order valence-corrected chi connectivity index (χ2v) is 4.17. The van der Waals surface area contributed by atoms with Gasteiger partial charge in [-0.05, 0) is 6.92 Å². The molecule has 0 radical (unpaired) electrons. The van der Waals surface area contributed by atoms with Gasteiger partial charge in [0.05, 0.1) is 33.2 Å². The maximum absolute atomic E-state index is 6.12. The Kier molecular flexibility index (Phi) is 4.02. The standard InChI is InChI=1S/C14H19N3O3/c1-5-17-8-16-13(14(17)15)12-10(19-3)6-9(18-2)7-11(12)20-4/h6-8H,5,15H2,1-4H3. The Morgan fingerprint density at radius 2 is 1.70 bits per heavy atom. The molecule has 1 aromatic heterocycles. The van der Waals surface area contributed by atoms with Crippen molar-refractivity contribution in [1.82, 2.24) is 9.55 Å². The van der Waals surface area contributed by atoms with E-state index in [2.05, 4.69) is 4.98 Å². The number of benzene rings is 1. The summed E-state index contributed by atoms with van der Waals surface area (Å²) in [6, 6.07) is 3.56. The van der Waals surface area contributed by atoms with Gasteiger partial charge in [-0.15, -0.1) is 0 Å². The SMILES string of the molecule is CCn1cnc(-c2c(OC)cc(OC)cc2OC)c1N. The Balaban J connectivity index is 2.67. The molecule has 2 aromatic rings. The van der Waals surface area contributed by atoms with Crippen molar-refractivity contribution in [2.75, 3.05) is 27.1 Å². The smallest absolute Gasteiger partial charge is 0.135 e. The lowest BCUT2D eigenvalue weighted by atomic mass is 10.1. The van der Waals surface area contributed by atoms with Gasteiger partial charge < -0.3 is 24.5 Å². The fourth-order valence-corrected chi connectivity index (χ4v) is 2.08. The maximum Gasteiger partial charge on any atom is 0.135 e. The van der Waals surface area contributed by atoms with Crippen LogP contribution in [0.2, 0.25) is 0 Å². The average molecular weight is 277 g/mol. The van der Waals surface area contributed by atoms with Crippen LogP contribution in [0.25, 0.3) is 11.3 Å². The van der Waals surface area contributed by atoms with Crippen molar-refractivity contribution in [3.05, 3.63) is 18.5 Å². The first-order chi connectivity index (χ1) is 9.65. The van der Waals surface area contributed by atoms with E-state index < -0.39 is 0 Å². The van der Waals surface area contributed by atoms with Crippen LogP contribution in [-0.2, 0) is 6.54 Å². The maximum atomic E-state index is 6.12. The molecule has 108 valence electrons. The lowest BCUT2D eigenvalue weighted by molar-refractivity contribution is 0.377. The summed E-state index contributed by atoms with van der Waals surface area (Å²) in [7, 11) is 4.77. The minimum atomic E-state index is 0.578. The molecule has 0 unspecified atom stereocenters. The Hall–Kier alpha value is -2.37. The summed E-state index contributed by atoms with van der Waals surface area (Å²) in [5.74, 6) is 2.44. The number of nitrogens with zero attached hydrogens (tertiary/aromatic N) is 2. The highest BCUT2D eigenvalue weighted by atomic mass is 16.5. The van der Waals surface area contributed by atoms with Gasteiger partial charge in [0.2, 0.25) is 0 Å². The zero-order chi connectivity index (χ0) is 14.7. The lowest BCUT2D eigenvalue weighted by Crippen LogP contribution is -2.01. The van der Waals surface area contributed by atoms with Gasteiger partial charge in [-0.3, -0.25) is 0 Å². The Morgan fingerprint density at radius 3 is 2.10 bits per heavy atom. The highest BCUT2D eigenvalue weighted by Gasteiger charge is 2.20. The molecule has 0 spiro atoms. The topological polar surface area (TPSA) is 71.5 Å². The number of anilines is 1. The van der Waals surface area contributed by atoms with Gasteiger partial charge in [0, 0.05) is 18.7 Å². The van der Waals surface area contributed by atoms with Gasteiger partial charge in [-0.25, -0.2) is 4.98 Å². The Labute approximate surface area is 118 Å². The number of rotatable bonds is 5. The summed E-state index contributed by atoms with van der Waals surface area (Å²) < 4.78 is 17.9. The minimum Gasteiger partial charge on any atom is -0.496 e. The van der Waals surface area contributed by atoms with Crippen LogP contribution in [-0.4, -0.2) is 30.9 Å². The van der Waals surface area contributed by atoms with Gasteiger partial charge in [0.25, 0.3) is 0 Å². The van der Waals surface area contributed by atoms with Crippen molar-refractivity contribution in [2.45, 2.75) is 13.5 Å². The first-order valence-electron chi connectivity index (χ1n) is 6.27. The molecular weight excluding hydrogens is 258 g/mol. The number of ether oxygens (including phenoxy) is 3. The van der Waals surface area contributed by atoms with Gasteiger partial charge >= 0.3 is 0 Å². The second-order valence-electron chi connectivity index (χ2n) is 4.17. The van der Waals surface area contributed by atoms with Crippen LogP contribution >= 0.6 is 0 Å². The quantitative estimate of drug-likeness (QED) is 0.907. The van der Waals surface area contributed by atoms with Crippen molar-refractivity contribution in [2.24, 2.45) is 0 Å². The molecule has 0 atom stereocenters. The third-order valence-corrected chi connectivity index (χ3v) is 3.17. The molecule has 2 N–H and O–H groups in total. The first-order valence-corrected chi connectivity index (χ1v) is 6.27. The Morgan fingerprint density at radius 1 is 1.10 bits per heavy atom. The van der Waals surface area contributed by atoms with E-state index >= 15 is 0 Å². The summed E-state index contributed by atoms with van der Waals surface area (Å²) >= 11 is 0. The summed E-state index contributed by atoms with van der Waals surface area (Å²) in [6.07, 6.45) is 1.70. The van der Waals surface area contributed by atoms with Crippen LogP contribution in [0.1, 0.15) is 6.92 Å². The van der Waals surface area contributed by atoms with Crippen molar-refractivity contribution >= 4 is 5.82 Å². The van der Waals surface area contributed by atoms with E-state index in [-0.39, 0.29) is 0 Å². The fourth-order valence-electron chi connectivity index (χ4n) is 2.08. The van der Waals surface area contributed by atoms with Crippen LogP contribution in [0, 0.1) is 0 Å². The van der Waals surface area contributed by atoms with E-state index in [1.165, 1.54) is 0 Å². The summed E-state index contributed by atoms with van der Waals surface area (Å²) in [6.45, 7) is 2.75. The molecule has 0 fully saturated rings. The molecule has 0 bridgehead atoms. The molecular formula is C14H19N3O3. The molecule has 1 aromatic carbocycles. The summed E-state index contributed by atoms with van der Waals surface area (Å²) in [5.41, 5.74) is 7.49. The third-order valence-electron chi connectivity index (χ3n) is 3.17. The molecule has 0 saturated carbocycles. The van der Waals surface area contributed by atoms with E-state index in [4.69, 9.17) is 19.9 Å². The molecule has 6 nitrogen and oxygen atoms in total. The van der Waals surface area contributed by atoms with Crippen molar-refractivity contribution in [1.29, 1.82) is 0 Å². The van der Waals surface area contributed by atoms with Crippen molar-refractivity contribution in [3.8, 4) is 28.5 Å². The zero-order valence-electron chi connectivity index (χ0n) is 12.1. The predicted molar refractivity (Wildman–Crippen MR) is 77.4 cm³/mol. The highest BCUT2D eigenvalue weighted by Crippen LogP contribution is 2.42. The monoisotopic (exact) mass is 277 g/mol. The van der Waals surface area contributed by atoms with E-state index in [0.717, 1.165) is 12.1 Å². The summed E-state index contributed by atoms with van der Waals surface area (Å²) in [5, 5.41) is 0. The number of hydrogen-bond acceptors (Lipinski definition) is 5. The largest absolute Gasteiger partial charge is 0.496 e. The van der Waals surface area contributed by atoms with E-state index in [1.807, 2.05) is 11.5 Å². The molecule has 6 heteroatoms. The average Bonchev–Trinajstić information content (AvgIpc) is 2.86. The van der Waals surface area contributed by atoms with Crippen molar-refractivity contribution < 1.29 is 14.2 Å². The predicted octanol–water partition coefficient (Wildman–Crippen LogP) is 2.18. The molecule has 0 aliphatic rings.